The molecule has 1 amide bonds. The number of aromatic nitrogens is 4. The van der Waals surface area contributed by atoms with E-state index in [1.807, 2.05) is 63.2 Å². The summed E-state index contributed by atoms with van der Waals surface area (Å²) in [6, 6.07) is 18.0. The summed E-state index contributed by atoms with van der Waals surface area (Å²) in [6.07, 6.45) is 2.13. The quantitative estimate of drug-likeness (QED) is 0.444. The van der Waals surface area contributed by atoms with Crippen molar-refractivity contribution < 1.29 is 9.53 Å². The van der Waals surface area contributed by atoms with Crippen molar-refractivity contribution in [2.75, 3.05) is 36.8 Å². The Labute approximate surface area is 216 Å². The van der Waals surface area contributed by atoms with E-state index in [-0.39, 0.29) is 12.0 Å². The molecule has 4 heterocycles. The lowest BCUT2D eigenvalue weighted by molar-refractivity contribution is 0.0240. The molecule has 0 atom stereocenters. The summed E-state index contributed by atoms with van der Waals surface area (Å²) in [6.45, 7) is 8.15. The molecule has 1 fully saturated rings. The minimum Gasteiger partial charge on any atom is -0.444 e. The Hall–Kier alpha value is -4.27. The van der Waals surface area contributed by atoms with Gasteiger partial charge in [0.15, 0.2) is 0 Å². The highest BCUT2D eigenvalue weighted by atomic mass is 16.6. The molecule has 0 spiro atoms. The van der Waals surface area contributed by atoms with Crippen molar-refractivity contribution in [1.82, 2.24) is 24.8 Å². The Morgan fingerprint density at radius 3 is 2.46 bits per heavy atom. The van der Waals surface area contributed by atoms with Crippen molar-refractivity contribution in [3.63, 3.8) is 0 Å². The first-order valence-corrected chi connectivity index (χ1v) is 12.4. The maximum atomic E-state index is 12.4. The van der Waals surface area contributed by atoms with E-state index in [4.69, 9.17) is 15.5 Å². The highest BCUT2D eigenvalue weighted by molar-refractivity contribution is 5.81. The lowest BCUT2D eigenvalue weighted by Gasteiger charge is -2.36. The molecule has 0 radical (unpaired) electrons. The summed E-state index contributed by atoms with van der Waals surface area (Å²) in [7, 11) is 0. The normalized spacial score (nSPS) is 14.1. The van der Waals surface area contributed by atoms with E-state index in [1.54, 1.807) is 11.1 Å². The van der Waals surface area contributed by atoms with Gasteiger partial charge in [-0.1, -0.05) is 30.3 Å². The molecule has 1 saturated heterocycles. The number of hydrogen-bond donors (Lipinski definition) is 1. The predicted octanol–water partition coefficient (Wildman–Crippen LogP) is 4.32. The number of rotatable bonds is 4. The molecule has 4 aromatic rings. The Bertz CT molecular complexity index is 1410. The van der Waals surface area contributed by atoms with Gasteiger partial charge in [-0.3, -0.25) is 0 Å². The van der Waals surface area contributed by atoms with Gasteiger partial charge >= 0.3 is 6.09 Å². The number of carbonyl (C=O) groups is 1. The summed E-state index contributed by atoms with van der Waals surface area (Å²) in [4.78, 5) is 34.8. The molecular formula is C28H31N7O2. The number of nitrogens with zero attached hydrogens (tertiary/aromatic N) is 6. The second-order valence-corrected chi connectivity index (χ2v) is 10.1. The molecule has 3 aromatic heterocycles. The molecule has 0 saturated carbocycles. The predicted molar refractivity (Wildman–Crippen MR) is 144 cm³/mol. The molecule has 2 N–H and O–H groups in total. The summed E-state index contributed by atoms with van der Waals surface area (Å²) >= 11 is 0. The molecule has 190 valence electrons. The third kappa shape index (κ3) is 5.77. The van der Waals surface area contributed by atoms with Crippen LogP contribution in [0.4, 0.5) is 16.6 Å². The molecule has 1 aromatic carbocycles. The lowest BCUT2D eigenvalue weighted by Crippen LogP contribution is -2.50. The van der Waals surface area contributed by atoms with Gasteiger partial charge in [0.1, 0.15) is 16.9 Å². The van der Waals surface area contributed by atoms with Gasteiger partial charge in [-0.15, -0.1) is 0 Å². The lowest BCUT2D eigenvalue weighted by atomic mass is 10.1. The zero-order valence-corrected chi connectivity index (χ0v) is 21.4. The van der Waals surface area contributed by atoms with E-state index < -0.39 is 5.60 Å². The van der Waals surface area contributed by atoms with Crippen LogP contribution in [0.5, 0.6) is 0 Å². The van der Waals surface area contributed by atoms with Crippen molar-refractivity contribution in [2.24, 2.45) is 0 Å². The van der Waals surface area contributed by atoms with E-state index in [0.29, 0.717) is 32.6 Å². The first-order chi connectivity index (χ1) is 17.7. The number of amides is 1. The Kier molecular flexibility index (Phi) is 6.60. The van der Waals surface area contributed by atoms with Gasteiger partial charge in [0.2, 0.25) is 5.95 Å². The SMILES string of the molecule is CC(C)(C)OC(=O)N1CCN(c2cc(-c3ccc4nc(N)nc(Cc5ccccc5)c4n3)ccn2)CC1. The molecule has 9 nitrogen and oxygen atoms in total. The zero-order valence-electron chi connectivity index (χ0n) is 21.4. The van der Waals surface area contributed by atoms with Crippen LogP contribution in [0.25, 0.3) is 22.3 Å². The van der Waals surface area contributed by atoms with E-state index in [2.05, 4.69) is 32.0 Å². The topological polar surface area (TPSA) is 110 Å². The van der Waals surface area contributed by atoms with Crippen LogP contribution in [0.15, 0.2) is 60.8 Å². The van der Waals surface area contributed by atoms with Gasteiger partial charge < -0.3 is 20.3 Å². The monoisotopic (exact) mass is 497 g/mol. The first kappa shape index (κ1) is 24.4. The highest BCUT2D eigenvalue weighted by Crippen LogP contribution is 2.26. The zero-order chi connectivity index (χ0) is 26.0. The third-order valence-electron chi connectivity index (χ3n) is 6.14. The average molecular weight is 498 g/mol. The van der Waals surface area contributed by atoms with Gasteiger partial charge in [-0.05, 0) is 50.6 Å². The van der Waals surface area contributed by atoms with E-state index in [1.165, 1.54) is 0 Å². The fourth-order valence-corrected chi connectivity index (χ4v) is 4.36. The molecule has 9 heteroatoms. The van der Waals surface area contributed by atoms with Gasteiger partial charge in [-0.2, -0.15) is 0 Å². The molecule has 1 aliphatic rings. The average Bonchev–Trinajstić information content (AvgIpc) is 2.88. The largest absolute Gasteiger partial charge is 0.444 e. The second-order valence-electron chi connectivity index (χ2n) is 10.1. The van der Waals surface area contributed by atoms with Gasteiger partial charge in [0.25, 0.3) is 0 Å². The van der Waals surface area contributed by atoms with E-state index in [9.17, 15) is 4.79 Å². The molecule has 0 aliphatic carbocycles. The fraction of sp³-hybridized carbons (Fsp3) is 0.321. The number of nitrogen functional groups attached to an aromatic ring is 1. The van der Waals surface area contributed by atoms with Crippen LogP contribution in [0.2, 0.25) is 0 Å². The van der Waals surface area contributed by atoms with Crippen molar-refractivity contribution in [1.29, 1.82) is 0 Å². The smallest absolute Gasteiger partial charge is 0.410 e. The molecule has 5 rings (SSSR count). The number of benzene rings is 1. The van der Waals surface area contributed by atoms with Crippen LogP contribution in [0.1, 0.15) is 32.0 Å². The van der Waals surface area contributed by atoms with Crippen LogP contribution in [0.3, 0.4) is 0 Å². The van der Waals surface area contributed by atoms with Crippen LogP contribution < -0.4 is 10.6 Å². The number of pyridine rings is 2. The van der Waals surface area contributed by atoms with E-state index >= 15 is 0 Å². The number of piperazine rings is 1. The standard InChI is InChI=1S/C28H31N7O2/c1-28(2,3)37-27(36)35-15-13-34(14-16-35)24-18-20(11-12-30-24)21-9-10-22-25(31-21)23(33-26(29)32-22)17-19-7-5-4-6-8-19/h4-12,18H,13-17H2,1-3H3,(H2,29,32,33). The molecule has 0 bridgehead atoms. The summed E-state index contributed by atoms with van der Waals surface area (Å²) < 4.78 is 5.51. The molecular weight excluding hydrogens is 466 g/mol. The maximum Gasteiger partial charge on any atom is 0.410 e. The summed E-state index contributed by atoms with van der Waals surface area (Å²) in [5.41, 5.74) is 10.6. The third-order valence-corrected chi connectivity index (χ3v) is 6.14. The Morgan fingerprint density at radius 2 is 1.73 bits per heavy atom. The van der Waals surface area contributed by atoms with Gasteiger partial charge in [-0.25, -0.2) is 24.7 Å². The summed E-state index contributed by atoms with van der Waals surface area (Å²) in [5, 5.41) is 0. The number of ether oxygens (including phenoxy) is 1. The highest BCUT2D eigenvalue weighted by Gasteiger charge is 2.26. The van der Waals surface area contributed by atoms with Crippen molar-refractivity contribution in [3.05, 3.63) is 72.1 Å². The number of nitrogens with two attached hydrogens (primary N) is 1. The van der Waals surface area contributed by atoms with Crippen LogP contribution in [0, 0.1) is 0 Å². The number of fused-ring (bicyclic) bond motifs is 1. The summed E-state index contributed by atoms with van der Waals surface area (Å²) in [5.74, 6) is 1.09. The second kappa shape index (κ2) is 10.0. The number of anilines is 2. The number of hydrogen-bond acceptors (Lipinski definition) is 8. The molecule has 37 heavy (non-hydrogen) atoms. The van der Waals surface area contributed by atoms with Gasteiger partial charge in [0.05, 0.1) is 16.9 Å². The number of carbonyl (C=O) groups excluding carboxylic acids is 1. The van der Waals surface area contributed by atoms with Crippen LogP contribution in [-0.2, 0) is 11.2 Å². The minimum atomic E-state index is -0.505. The Morgan fingerprint density at radius 1 is 0.973 bits per heavy atom. The fourth-order valence-electron chi connectivity index (χ4n) is 4.36. The van der Waals surface area contributed by atoms with Crippen molar-refractivity contribution in [2.45, 2.75) is 32.8 Å². The van der Waals surface area contributed by atoms with Crippen LogP contribution >= 0.6 is 0 Å². The Balaban J connectivity index is 1.37. The first-order valence-electron chi connectivity index (χ1n) is 12.4. The van der Waals surface area contributed by atoms with Crippen LogP contribution in [-0.4, -0.2) is 62.7 Å². The van der Waals surface area contributed by atoms with E-state index in [0.717, 1.165) is 39.4 Å². The van der Waals surface area contributed by atoms with Crippen molar-refractivity contribution in [3.8, 4) is 11.3 Å². The minimum absolute atomic E-state index is 0.240. The molecule has 0 unspecified atom stereocenters. The molecule has 1 aliphatic heterocycles. The van der Waals surface area contributed by atoms with Crippen molar-refractivity contribution >= 4 is 28.9 Å². The van der Waals surface area contributed by atoms with Gasteiger partial charge in [0, 0.05) is 44.4 Å². The maximum absolute atomic E-state index is 12.4.